The number of hydrogen-bond donors (Lipinski definition) is 0. The van der Waals surface area contributed by atoms with E-state index in [4.69, 9.17) is 0 Å². The van der Waals surface area contributed by atoms with Crippen LogP contribution in [0.1, 0.15) is 47.0 Å². The fourth-order valence-electron chi connectivity index (χ4n) is 2.08. The summed E-state index contributed by atoms with van der Waals surface area (Å²) in [6.45, 7) is 8.38. The highest BCUT2D eigenvalue weighted by Crippen LogP contribution is 2.48. The summed E-state index contributed by atoms with van der Waals surface area (Å²) in [7, 11) is 0. The van der Waals surface area contributed by atoms with Gasteiger partial charge in [-0.2, -0.15) is 0 Å². The summed E-state index contributed by atoms with van der Waals surface area (Å²) >= 11 is 0. The van der Waals surface area contributed by atoms with Crippen molar-refractivity contribution in [3.05, 3.63) is 0 Å². The average molecular weight is 183 g/mol. The maximum atomic E-state index is 10.9. The molecule has 0 aromatic rings. The normalized spacial score (nSPS) is 38.6. The molecule has 0 radical (unpaired) electrons. The molecule has 1 saturated carbocycles. The van der Waals surface area contributed by atoms with E-state index in [-0.39, 0.29) is 5.41 Å². The highest BCUT2D eigenvalue weighted by molar-refractivity contribution is 5.72. The first-order valence-electron chi connectivity index (χ1n) is 4.99. The molecule has 0 bridgehead atoms. The van der Waals surface area contributed by atoms with Crippen molar-refractivity contribution in [3.8, 4) is 0 Å². The zero-order valence-electron chi connectivity index (χ0n) is 9.02. The van der Waals surface area contributed by atoms with E-state index in [1.165, 1.54) is 0 Å². The molecular weight excluding hydrogens is 164 g/mol. The molecule has 1 fully saturated rings. The Morgan fingerprint density at radius 2 is 1.85 bits per heavy atom. The molecule has 1 aliphatic rings. The number of carbonyl (C=O) groups excluding carboxylic acids is 1. The van der Waals surface area contributed by atoms with E-state index in [2.05, 4.69) is 20.8 Å². The van der Waals surface area contributed by atoms with Gasteiger partial charge in [0.25, 0.3) is 0 Å². The van der Waals surface area contributed by atoms with Crippen molar-refractivity contribution in [2.24, 2.45) is 16.7 Å². The summed E-state index contributed by atoms with van der Waals surface area (Å²) in [5.74, 6) is -0.418. The molecule has 1 aliphatic carbocycles. The maximum absolute atomic E-state index is 10.9. The lowest BCUT2D eigenvalue weighted by atomic mass is 9.60. The Morgan fingerprint density at radius 1 is 1.31 bits per heavy atom. The first kappa shape index (κ1) is 10.6. The van der Waals surface area contributed by atoms with Gasteiger partial charge in [-0.25, -0.2) is 0 Å². The van der Waals surface area contributed by atoms with Gasteiger partial charge in [-0.15, -0.1) is 0 Å². The largest absolute Gasteiger partial charge is 0.550 e. The van der Waals surface area contributed by atoms with Gasteiger partial charge in [0.05, 0.1) is 0 Å². The molecule has 0 unspecified atom stereocenters. The Bertz CT molecular complexity index is 220. The molecule has 0 aromatic carbocycles. The molecule has 0 saturated heterocycles. The third-order valence-corrected chi connectivity index (χ3v) is 3.90. The second-order valence-electron chi connectivity index (χ2n) is 5.44. The van der Waals surface area contributed by atoms with Crippen LogP contribution in [0.5, 0.6) is 0 Å². The van der Waals surface area contributed by atoms with Crippen molar-refractivity contribution in [3.63, 3.8) is 0 Å². The van der Waals surface area contributed by atoms with Crippen molar-refractivity contribution < 1.29 is 9.90 Å². The van der Waals surface area contributed by atoms with Gasteiger partial charge in [0.15, 0.2) is 0 Å². The summed E-state index contributed by atoms with van der Waals surface area (Å²) in [4.78, 5) is 10.9. The molecule has 0 N–H and O–H groups in total. The smallest absolute Gasteiger partial charge is 0.0473 e. The third kappa shape index (κ3) is 1.87. The van der Waals surface area contributed by atoms with Crippen LogP contribution in [0.3, 0.4) is 0 Å². The van der Waals surface area contributed by atoms with Gasteiger partial charge in [0.1, 0.15) is 0 Å². The van der Waals surface area contributed by atoms with Crippen LogP contribution in [0, 0.1) is 16.7 Å². The Labute approximate surface area is 80.3 Å². The van der Waals surface area contributed by atoms with Crippen LogP contribution in [0.15, 0.2) is 0 Å². The maximum Gasteiger partial charge on any atom is 0.0473 e. The van der Waals surface area contributed by atoms with E-state index >= 15 is 0 Å². The van der Waals surface area contributed by atoms with Crippen LogP contribution in [0.4, 0.5) is 0 Å². The van der Waals surface area contributed by atoms with Crippen LogP contribution < -0.4 is 5.11 Å². The minimum atomic E-state index is -0.880. The first-order chi connectivity index (χ1) is 5.78. The zero-order valence-corrected chi connectivity index (χ0v) is 9.02. The predicted molar refractivity (Wildman–Crippen MR) is 49.9 cm³/mol. The standard InChI is InChI=1S/C11H20O2/c1-8-7-11(4,9(12)13)6-5-10(8,2)3/h8H,5-7H2,1-4H3,(H,12,13)/p-1/t8-,11+/m0/s1. The zero-order chi connectivity index (χ0) is 10.3. The molecule has 1 rings (SSSR count). The van der Waals surface area contributed by atoms with E-state index in [0.29, 0.717) is 5.92 Å². The molecule has 13 heavy (non-hydrogen) atoms. The molecule has 0 amide bonds. The van der Waals surface area contributed by atoms with Crippen LogP contribution in [-0.2, 0) is 4.79 Å². The highest BCUT2D eigenvalue weighted by atomic mass is 16.4. The first-order valence-corrected chi connectivity index (χ1v) is 4.99. The van der Waals surface area contributed by atoms with Gasteiger partial charge in [-0.3, -0.25) is 0 Å². The van der Waals surface area contributed by atoms with E-state index in [9.17, 15) is 9.90 Å². The molecule has 2 heteroatoms. The van der Waals surface area contributed by atoms with Crippen molar-refractivity contribution in [1.29, 1.82) is 0 Å². The minimum absolute atomic E-state index is 0.287. The van der Waals surface area contributed by atoms with E-state index in [0.717, 1.165) is 19.3 Å². The second-order valence-corrected chi connectivity index (χ2v) is 5.44. The fraction of sp³-hybridized carbons (Fsp3) is 0.909. The Kier molecular flexibility index (Phi) is 2.44. The van der Waals surface area contributed by atoms with Gasteiger partial charge in [0, 0.05) is 11.4 Å². The lowest BCUT2D eigenvalue weighted by Gasteiger charge is -2.46. The molecule has 0 heterocycles. The molecular formula is C11H19O2-. The Morgan fingerprint density at radius 3 is 2.23 bits per heavy atom. The summed E-state index contributed by atoms with van der Waals surface area (Å²) in [6.07, 6.45) is 2.49. The monoisotopic (exact) mass is 183 g/mol. The van der Waals surface area contributed by atoms with Gasteiger partial charge >= 0.3 is 0 Å². The molecule has 2 nitrogen and oxygen atoms in total. The molecule has 0 aliphatic heterocycles. The summed E-state index contributed by atoms with van der Waals surface area (Å²) in [5, 5.41) is 10.9. The summed E-state index contributed by atoms with van der Waals surface area (Å²) in [5.41, 5.74) is -0.302. The third-order valence-electron chi connectivity index (χ3n) is 3.90. The van der Waals surface area contributed by atoms with Crippen molar-refractivity contribution in [2.75, 3.05) is 0 Å². The van der Waals surface area contributed by atoms with Gasteiger partial charge in [0.2, 0.25) is 0 Å². The van der Waals surface area contributed by atoms with Crippen LogP contribution in [0.25, 0.3) is 0 Å². The quantitative estimate of drug-likeness (QED) is 0.619. The molecule has 76 valence electrons. The van der Waals surface area contributed by atoms with E-state index < -0.39 is 11.4 Å². The van der Waals surface area contributed by atoms with E-state index in [1.54, 1.807) is 0 Å². The number of aliphatic carboxylic acids is 1. The SMILES string of the molecule is C[C@H]1C[C@](C)(C(=O)[O-])CCC1(C)C. The van der Waals surface area contributed by atoms with E-state index in [1.807, 2.05) is 6.92 Å². The lowest BCUT2D eigenvalue weighted by molar-refractivity contribution is -0.321. The van der Waals surface area contributed by atoms with Crippen molar-refractivity contribution in [1.82, 2.24) is 0 Å². The molecule has 0 aromatic heterocycles. The van der Waals surface area contributed by atoms with Crippen LogP contribution in [0.2, 0.25) is 0 Å². The number of rotatable bonds is 1. The highest BCUT2D eigenvalue weighted by Gasteiger charge is 2.40. The fourth-order valence-corrected chi connectivity index (χ4v) is 2.08. The van der Waals surface area contributed by atoms with Crippen molar-refractivity contribution >= 4 is 5.97 Å². The molecule has 2 atom stereocenters. The number of carboxylic acid groups (broad SMARTS) is 1. The summed E-state index contributed by atoms with van der Waals surface area (Å²) < 4.78 is 0. The van der Waals surface area contributed by atoms with Gasteiger partial charge in [-0.1, -0.05) is 27.7 Å². The topological polar surface area (TPSA) is 40.1 Å². The summed E-state index contributed by atoms with van der Waals surface area (Å²) in [6, 6.07) is 0. The van der Waals surface area contributed by atoms with Gasteiger partial charge < -0.3 is 9.90 Å². The number of carboxylic acids is 1. The predicted octanol–water partition coefficient (Wildman–Crippen LogP) is 1.59. The molecule has 0 spiro atoms. The lowest BCUT2D eigenvalue weighted by Crippen LogP contribution is -2.46. The number of hydrogen-bond acceptors (Lipinski definition) is 2. The Hall–Kier alpha value is -0.530. The second kappa shape index (κ2) is 3.00. The van der Waals surface area contributed by atoms with Gasteiger partial charge in [-0.05, 0) is 30.6 Å². The minimum Gasteiger partial charge on any atom is -0.550 e. The number of carbonyl (C=O) groups is 1. The Balaban J connectivity index is 2.76. The van der Waals surface area contributed by atoms with Crippen LogP contribution >= 0.6 is 0 Å². The average Bonchev–Trinajstić information content (AvgIpc) is 1.98. The van der Waals surface area contributed by atoms with Crippen LogP contribution in [-0.4, -0.2) is 5.97 Å². The van der Waals surface area contributed by atoms with Crippen molar-refractivity contribution in [2.45, 2.75) is 47.0 Å².